The maximum atomic E-state index is 13.8. The number of anilines is 1. The Morgan fingerprint density at radius 2 is 1.70 bits per heavy atom. The number of hydrogen-bond acceptors (Lipinski definition) is 7. The molecule has 9 heteroatoms. The van der Waals surface area contributed by atoms with Crippen molar-refractivity contribution in [2.45, 2.75) is 26.4 Å². The normalized spacial score (nSPS) is 11.2. The second-order valence-corrected chi connectivity index (χ2v) is 10.4. The molecule has 5 rings (SSSR count). The van der Waals surface area contributed by atoms with E-state index in [9.17, 15) is 4.39 Å². The lowest BCUT2D eigenvalue weighted by atomic mass is 10.1. The number of hydrogen-bond donors (Lipinski definition) is 1. The van der Waals surface area contributed by atoms with Gasteiger partial charge < -0.3 is 14.8 Å². The van der Waals surface area contributed by atoms with Gasteiger partial charge >= 0.3 is 0 Å². The fourth-order valence-electron chi connectivity index (χ4n) is 4.86. The molecule has 1 N–H and O–H groups in total. The van der Waals surface area contributed by atoms with Gasteiger partial charge in [-0.25, -0.2) is 19.3 Å². The summed E-state index contributed by atoms with van der Waals surface area (Å²) in [5.41, 5.74) is 6.09. The first-order valence-corrected chi connectivity index (χ1v) is 15.0. The van der Waals surface area contributed by atoms with Crippen LogP contribution in [-0.4, -0.2) is 64.8 Å². The molecule has 0 aliphatic heterocycles. The van der Waals surface area contributed by atoms with Crippen LogP contribution in [0.4, 0.5) is 10.3 Å². The molecule has 46 heavy (non-hydrogen) atoms. The molecular weight excluding hydrogens is 579 g/mol. The number of ether oxygens (including phenoxy) is 2. The predicted octanol–water partition coefficient (Wildman–Crippen LogP) is 6.51. The maximum Gasteiger partial charge on any atom is 0.223 e. The van der Waals surface area contributed by atoms with Gasteiger partial charge in [0.2, 0.25) is 5.95 Å². The van der Waals surface area contributed by atoms with Crippen LogP contribution < -0.4 is 5.32 Å². The van der Waals surface area contributed by atoms with Crippen LogP contribution in [0.25, 0.3) is 28.3 Å². The van der Waals surface area contributed by atoms with E-state index in [1.165, 1.54) is 12.1 Å². The lowest BCUT2D eigenvalue weighted by Gasteiger charge is -2.21. The smallest absolute Gasteiger partial charge is 0.223 e. The van der Waals surface area contributed by atoms with Gasteiger partial charge in [0.25, 0.3) is 0 Å². The predicted molar refractivity (Wildman–Crippen MR) is 181 cm³/mol. The number of aromatic nitrogens is 4. The highest BCUT2D eigenvalue weighted by Crippen LogP contribution is 2.33. The largest absolute Gasteiger partial charge is 0.383 e. The molecule has 0 aliphatic rings. The summed E-state index contributed by atoms with van der Waals surface area (Å²) in [5.74, 6) is 7.30. The Balaban J connectivity index is 0.000000892. The molecule has 0 aliphatic carbocycles. The third kappa shape index (κ3) is 9.23. The van der Waals surface area contributed by atoms with E-state index in [0.29, 0.717) is 24.9 Å². The van der Waals surface area contributed by atoms with Crippen LogP contribution >= 0.6 is 0 Å². The molecule has 0 spiro atoms. The summed E-state index contributed by atoms with van der Waals surface area (Å²) in [6.45, 7) is 7.39. The Kier molecular flexibility index (Phi) is 12.8. The van der Waals surface area contributed by atoms with Gasteiger partial charge in [-0.1, -0.05) is 36.3 Å². The van der Waals surface area contributed by atoms with Gasteiger partial charge in [0, 0.05) is 51.8 Å². The van der Waals surface area contributed by atoms with Crippen molar-refractivity contribution in [2.24, 2.45) is 0 Å². The zero-order chi connectivity index (χ0) is 32.7. The fraction of sp³-hybridized carbons (Fsp3) is 0.270. The van der Waals surface area contributed by atoms with Crippen molar-refractivity contribution >= 4 is 11.6 Å². The minimum absolute atomic E-state index is 0.0203. The number of fused-ring (bicyclic) bond motifs is 1. The van der Waals surface area contributed by atoms with Gasteiger partial charge in [-0.15, -0.1) is 6.42 Å². The number of halogens is 1. The molecule has 0 unspecified atom stereocenters. The number of nitrogens with zero attached hydrogens (tertiary/aromatic N) is 5. The quantitative estimate of drug-likeness (QED) is 0.151. The minimum atomic E-state index is -0.294. The topological polar surface area (TPSA) is 76.8 Å². The van der Waals surface area contributed by atoms with Gasteiger partial charge in [0.15, 0.2) is 0 Å². The van der Waals surface area contributed by atoms with Crippen molar-refractivity contribution in [1.82, 2.24) is 24.3 Å². The highest BCUT2D eigenvalue weighted by Gasteiger charge is 2.19. The van der Waals surface area contributed by atoms with Gasteiger partial charge in [-0.3, -0.25) is 9.30 Å². The van der Waals surface area contributed by atoms with Gasteiger partial charge in [0.1, 0.15) is 11.5 Å². The summed E-state index contributed by atoms with van der Waals surface area (Å²) < 4.78 is 26.5. The number of pyridine rings is 1. The molecule has 8 nitrogen and oxygen atoms in total. The van der Waals surface area contributed by atoms with E-state index in [4.69, 9.17) is 25.9 Å². The molecule has 5 aromatic rings. The summed E-state index contributed by atoms with van der Waals surface area (Å²) in [5, 5.41) is 3.41. The molecule has 0 saturated heterocycles. The summed E-state index contributed by atoms with van der Waals surface area (Å²) in [6.07, 6.45) is 8.48. The van der Waals surface area contributed by atoms with E-state index in [-0.39, 0.29) is 11.9 Å². The molecular formula is C37H39FN6O2. The fourth-order valence-corrected chi connectivity index (χ4v) is 4.86. The SMILES string of the molecule is C#CC#CC.COCCN(CCOC)Cc1ccn2c(-c3ccnc(N[C@@H](C)c4ccccc4)n3)c(-c3ccc(F)cc3)nc2c1. The molecule has 0 bridgehead atoms. The second kappa shape index (κ2) is 17.4. The molecule has 1 atom stereocenters. The van der Waals surface area contributed by atoms with Crippen LogP contribution in [-0.2, 0) is 16.0 Å². The van der Waals surface area contributed by atoms with E-state index in [2.05, 4.69) is 64.2 Å². The van der Waals surface area contributed by atoms with Crippen LogP contribution in [0.2, 0.25) is 0 Å². The number of nitrogens with one attached hydrogen (secondary N) is 1. The Hall–Kier alpha value is -5.06. The van der Waals surface area contributed by atoms with Gasteiger partial charge in [-0.05, 0) is 79.3 Å². The molecule has 236 valence electrons. The van der Waals surface area contributed by atoms with Crippen molar-refractivity contribution in [3.05, 3.63) is 102 Å². The van der Waals surface area contributed by atoms with Crippen molar-refractivity contribution in [1.29, 1.82) is 0 Å². The summed E-state index contributed by atoms with van der Waals surface area (Å²) >= 11 is 0. The number of benzene rings is 2. The lowest BCUT2D eigenvalue weighted by molar-refractivity contribution is 0.110. The number of methoxy groups -OCH3 is 2. The summed E-state index contributed by atoms with van der Waals surface area (Å²) in [4.78, 5) is 16.7. The first kappa shape index (κ1) is 33.8. The van der Waals surface area contributed by atoms with Crippen molar-refractivity contribution in [3.63, 3.8) is 0 Å². The van der Waals surface area contributed by atoms with E-state index in [1.807, 2.05) is 34.9 Å². The van der Waals surface area contributed by atoms with Crippen LogP contribution in [0.1, 0.15) is 31.0 Å². The Bertz CT molecular complexity index is 1780. The Labute approximate surface area is 270 Å². The van der Waals surface area contributed by atoms with E-state index in [1.54, 1.807) is 39.5 Å². The van der Waals surface area contributed by atoms with Crippen LogP contribution in [0.15, 0.2) is 85.2 Å². The zero-order valence-electron chi connectivity index (χ0n) is 26.7. The maximum absolute atomic E-state index is 13.8. The van der Waals surface area contributed by atoms with Crippen LogP contribution in [0, 0.1) is 30.0 Å². The molecule has 0 fully saturated rings. The van der Waals surface area contributed by atoms with Crippen molar-refractivity contribution in [3.8, 4) is 46.8 Å². The third-order valence-electron chi connectivity index (χ3n) is 7.18. The number of terminal acetylenes is 1. The molecule has 0 radical (unpaired) electrons. The number of imidazole rings is 1. The average molecular weight is 619 g/mol. The minimum Gasteiger partial charge on any atom is -0.383 e. The second-order valence-electron chi connectivity index (χ2n) is 10.4. The molecule has 0 amide bonds. The Morgan fingerprint density at radius 3 is 2.33 bits per heavy atom. The standard InChI is InChI=1S/C32H35FN6O2.C5H4/c1-23(25-7-5-4-6-8-25)35-32-34-15-13-28(36-32)31-30(26-9-11-27(33)12-10-26)37-29-21-24(14-16-39(29)31)22-38(17-19-40-2)18-20-41-3;1-3-5-4-2/h4-16,21,23H,17-20,22H2,1-3H3,(H,34,35,36);1H,2H3/t23-;/m0./s1. The summed E-state index contributed by atoms with van der Waals surface area (Å²) in [7, 11) is 3.42. The summed E-state index contributed by atoms with van der Waals surface area (Å²) in [6, 6.07) is 22.6. The molecule has 2 aromatic carbocycles. The first-order chi connectivity index (χ1) is 22.5. The molecule has 3 heterocycles. The van der Waals surface area contributed by atoms with Gasteiger partial charge in [0.05, 0.1) is 36.3 Å². The van der Waals surface area contributed by atoms with Crippen molar-refractivity contribution in [2.75, 3.05) is 45.8 Å². The van der Waals surface area contributed by atoms with E-state index in [0.717, 1.165) is 53.4 Å². The Morgan fingerprint density at radius 1 is 0.978 bits per heavy atom. The zero-order valence-corrected chi connectivity index (χ0v) is 26.7. The molecule has 3 aromatic heterocycles. The van der Waals surface area contributed by atoms with E-state index < -0.39 is 0 Å². The average Bonchev–Trinajstić information content (AvgIpc) is 3.46. The van der Waals surface area contributed by atoms with Crippen LogP contribution in [0.5, 0.6) is 0 Å². The lowest BCUT2D eigenvalue weighted by Crippen LogP contribution is -2.30. The highest BCUT2D eigenvalue weighted by atomic mass is 19.1. The van der Waals surface area contributed by atoms with E-state index >= 15 is 0 Å². The van der Waals surface area contributed by atoms with Crippen LogP contribution in [0.3, 0.4) is 0 Å². The highest BCUT2D eigenvalue weighted by molar-refractivity contribution is 5.80. The third-order valence-corrected chi connectivity index (χ3v) is 7.18. The molecule has 0 saturated carbocycles. The van der Waals surface area contributed by atoms with Gasteiger partial charge in [-0.2, -0.15) is 0 Å². The monoisotopic (exact) mass is 618 g/mol. The number of rotatable bonds is 13. The van der Waals surface area contributed by atoms with Crippen molar-refractivity contribution < 1.29 is 13.9 Å². The first-order valence-electron chi connectivity index (χ1n) is 15.0.